The summed E-state index contributed by atoms with van der Waals surface area (Å²) in [6.07, 6.45) is 4.21. The highest BCUT2D eigenvalue weighted by atomic mass is 16.5. The molecule has 3 heterocycles. The highest BCUT2D eigenvalue weighted by Crippen LogP contribution is 2.49. The number of fused-ring (bicyclic) bond motifs is 6. The second-order valence-corrected chi connectivity index (χ2v) is 9.11. The lowest BCUT2D eigenvalue weighted by atomic mass is 9.66. The van der Waals surface area contributed by atoms with Gasteiger partial charge in [-0.1, -0.05) is 19.8 Å². The maximum Gasteiger partial charge on any atom is 0.418 e. The van der Waals surface area contributed by atoms with E-state index in [-0.39, 0.29) is 12.0 Å². The number of methoxy groups -OCH3 is 3. The molecular weight excluding hydrogens is 408 g/mol. The molecule has 2 aliphatic heterocycles. The number of hydrogen-bond donors (Lipinski definition) is 0. The van der Waals surface area contributed by atoms with Gasteiger partial charge in [-0.2, -0.15) is 0 Å². The molecule has 1 unspecified atom stereocenters. The molecule has 7 heteroatoms. The number of aromatic nitrogens is 1. The third-order valence-corrected chi connectivity index (χ3v) is 7.59. The Kier molecular flexibility index (Phi) is 6.21. The summed E-state index contributed by atoms with van der Waals surface area (Å²) in [7, 11) is 4.46. The monoisotopic (exact) mass is 442 g/mol. The summed E-state index contributed by atoms with van der Waals surface area (Å²) in [4.78, 5) is 29.2. The van der Waals surface area contributed by atoms with Gasteiger partial charge >= 0.3 is 12.1 Å². The second-order valence-electron chi connectivity index (χ2n) is 9.11. The number of benzene rings is 1. The number of rotatable bonds is 5. The van der Waals surface area contributed by atoms with Crippen molar-refractivity contribution in [2.45, 2.75) is 57.4 Å². The molecule has 1 fully saturated rings. The van der Waals surface area contributed by atoms with E-state index in [1.165, 1.54) is 14.2 Å². The van der Waals surface area contributed by atoms with Gasteiger partial charge in [0, 0.05) is 24.5 Å². The highest BCUT2D eigenvalue weighted by molar-refractivity contribution is 5.98. The van der Waals surface area contributed by atoms with Crippen LogP contribution >= 0.6 is 0 Å². The van der Waals surface area contributed by atoms with Gasteiger partial charge in [0.15, 0.2) is 0 Å². The molecule has 0 amide bonds. The van der Waals surface area contributed by atoms with Crippen LogP contribution in [0, 0.1) is 5.92 Å². The first-order chi connectivity index (χ1) is 15.4. The van der Waals surface area contributed by atoms with Gasteiger partial charge in [0.1, 0.15) is 11.2 Å². The zero-order chi connectivity index (χ0) is 23.0. The van der Waals surface area contributed by atoms with Crippen LogP contribution < -0.4 is 4.74 Å². The van der Waals surface area contributed by atoms with Crippen LogP contribution in [0.4, 0.5) is 4.79 Å². The van der Waals surface area contributed by atoms with E-state index >= 15 is 0 Å². The molecule has 2 bridgehead atoms. The predicted molar refractivity (Wildman–Crippen MR) is 122 cm³/mol. The van der Waals surface area contributed by atoms with Gasteiger partial charge in [-0.05, 0) is 55.9 Å². The van der Waals surface area contributed by atoms with E-state index in [1.54, 1.807) is 11.7 Å². The van der Waals surface area contributed by atoms with Crippen molar-refractivity contribution in [2.75, 3.05) is 34.4 Å². The lowest BCUT2D eigenvalue weighted by Gasteiger charge is -2.48. The minimum atomic E-state index is -0.947. The largest absolute Gasteiger partial charge is 0.497 e. The molecule has 7 nitrogen and oxygen atoms in total. The van der Waals surface area contributed by atoms with Gasteiger partial charge in [0.2, 0.25) is 0 Å². The SMILES string of the molecule is CCCC[C@@H]1C[N@]2CCc3c(n(C(=O)OC)c4ccc(OC)cc34)[C@](C(=O)OC)(C1)C2C. The normalized spacial score (nSPS) is 26.8. The molecule has 1 aromatic carbocycles. The number of carbonyl (C=O) groups excluding carboxylic acids is 2. The first-order valence-electron chi connectivity index (χ1n) is 11.5. The zero-order valence-electron chi connectivity index (χ0n) is 19.8. The molecular formula is C25H34N2O5. The van der Waals surface area contributed by atoms with Gasteiger partial charge < -0.3 is 14.2 Å². The summed E-state index contributed by atoms with van der Waals surface area (Å²) >= 11 is 0. The molecule has 0 spiro atoms. The van der Waals surface area contributed by atoms with Crippen LogP contribution in [0.1, 0.15) is 50.8 Å². The fraction of sp³-hybridized carbons (Fsp3) is 0.600. The maximum absolute atomic E-state index is 13.7. The summed E-state index contributed by atoms with van der Waals surface area (Å²) < 4.78 is 17.8. The van der Waals surface area contributed by atoms with Crippen LogP contribution in [0.25, 0.3) is 10.9 Å². The minimum Gasteiger partial charge on any atom is -0.497 e. The molecule has 4 rings (SSSR count). The summed E-state index contributed by atoms with van der Waals surface area (Å²) in [5.41, 5.74) is 1.54. The molecule has 2 aromatic rings. The Morgan fingerprint density at radius 3 is 2.62 bits per heavy atom. The fourth-order valence-corrected chi connectivity index (χ4v) is 6.01. The Morgan fingerprint density at radius 1 is 1.19 bits per heavy atom. The van der Waals surface area contributed by atoms with Crippen LogP contribution in [0.3, 0.4) is 0 Å². The predicted octanol–water partition coefficient (Wildman–Crippen LogP) is 4.13. The molecule has 0 aliphatic carbocycles. The Balaban J connectivity index is 2.05. The number of ether oxygens (including phenoxy) is 3. The zero-order valence-corrected chi connectivity index (χ0v) is 19.8. The highest BCUT2D eigenvalue weighted by Gasteiger charge is 2.57. The number of carbonyl (C=O) groups is 2. The first-order valence-corrected chi connectivity index (χ1v) is 11.5. The molecule has 174 valence electrons. The van der Waals surface area contributed by atoms with Gasteiger partial charge in [-0.25, -0.2) is 9.36 Å². The van der Waals surface area contributed by atoms with E-state index in [2.05, 4.69) is 18.7 Å². The van der Waals surface area contributed by atoms with Crippen molar-refractivity contribution in [2.24, 2.45) is 5.92 Å². The van der Waals surface area contributed by atoms with Crippen LogP contribution in [-0.4, -0.2) is 62.0 Å². The Bertz CT molecular complexity index is 1030. The van der Waals surface area contributed by atoms with Crippen molar-refractivity contribution >= 4 is 23.0 Å². The van der Waals surface area contributed by atoms with Crippen molar-refractivity contribution in [3.63, 3.8) is 0 Å². The number of esters is 1. The number of nitrogens with zero attached hydrogens (tertiary/aromatic N) is 2. The molecule has 0 radical (unpaired) electrons. The third-order valence-electron chi connectivity index (χ3n) is 7.59. The number of piperidine rings is 1. The summed E-state index contributed by atoms with van der Waals surface area (Å²) in [5, 5.41) is 0.930. The van der Waals surface area contributed by atoms with E-state index in [4.69, 9.17) is 14.2 Å². The summed E-state index contributed by atoms with van der Waals surface area (Å²) in [6, 6.07) is 5.59. The van der Waals surface area contributed by atoms with Gasteiger partial charge in [0.05, 0.1) is 32.5 Å². The molecule has 1 aromatic heterocycles. The van der Waals surface area contributed by atoms with Gasteiger partial charge in [-0.3, -0.25) is 9.69 Å². The lowest BCUT2D eigenvalue weighted by molar-refractivity contribution is -0.154. The Labute approximate surface area is 189 Å². The van der Waals surface area contributed by atoms with Crippen LogP contribution in [0.2, 0.25) is 0 Å². The summed E-state index contributed by atoms with van der Waals surface area (Å²) in [5.74, 6) is 0.796. The van der Waals surface area contributed by atoms with Crippen molar-refractivity contribution in [1.29, 1.82) is 0 Å². The van der Waals surface area contributed by atoms with Crippen molar-refractivity contribution in [1.82, 2.24) is 9.47 Å². The number of hydrogen-bond acceptors (Lipinski definition) is 6. The van der Waals surface area contributed by atoms with Crippen molar-refractivity contribution < 1.29 is 23.8 Å². The van der Waals surface area contributed by atoms with Crippen LogP contribution in [0.5, 0.6) is 5.75 Å². The maximum atomic E-state index is 13.7. The Morgan fingerprint density at radius 2 is 1.97 bits per heavy atom. The quantitative estimate of drug-likeness (QED) is 0.649. The molecule has 32 heavy (non-hydrogen) atoms. The van der Waals surface area contributed by atoms with Crippen LogP contribution in [0.15, 0.2) is 18.2 Å². The smallest absolute Gasteiger partial charge is 0.418 e. The minimum absolute atomic E-state index is 0.0938. The third kappa shape index (κ3) is 3.29. The van der Waals surface area contributed by atoms with Crippen molar-refractivity contribution in [3.05, 3.63) is 29.5 Å². The molecule has 1 saturated heterocycles. The molecule has 4 atom stereocenters. The fourth-order valence-electron chi connectivity index (χ4n) is 6.01. The van der Waals surface area contributed by atoms with E-state index in [0.717, 1.165) is 66.7 Å². The molecule has 0 saturated carbocycles. The van der Waals surface area contributed by atoms with Gasteiger partial charge in [0.25, 0.3) is 0 Å². The van der Waals surface area contributed by atoms with Crippen molar-refractivity contribution in [3.8, 4) is 5.75 Å². The molecule has 0 N–H and O–H groups in total. The van der Waals surface area contributed by atoms with E-state index < -0.39 is 11.5 Å². The average molecular weight is 443 g/mol. The van der Waals surface area contributed by atoms with Gasteiger partial charge in [-0.15, -0.1) is 0 Å². The van der Waals surface area contributed by atoms with Crippen LogP contribution in [-0.2, 0) is 26.1 Å². The topological polar surface area (TPSA) is 70.0 Å². The second kappa shape index (κ2) is 8.77. The average Bonchev–Trinajstić information content (AvgIpc) is 3.12. The standard InChI is InChI=1S/C25H34N2O5/c1-6-7-8-17-14-25(23(28)31-4)16(2)26(15-17)12-11-19-20-13-18(30-3)9-10-21(20)27(22(19)25)24(29)32-5/h9-10,13,16-17H,6-8,11-12,14-15H2,1-5H3/t16?,17-,25-/m0/s1. The molecule has 2 aliphatic rings. The van der Waals surface area contributed by atoms with E-state index in [1.807, 2.05) is 18.2 Å². The Hall–Kier alpha value is -2.54. The van der Waals surface area contributed by atoms with E-state index in [9.17, 15) is 9.59 Å². The number of unbranched alkanes of at least 4 members (excludes halogenated alkanes) is 1. The first kappa shape index (κ1) is 22.6. The summed E-state index contributed by atoms with van der Waals surface area (Å²) in [6.45, 7) is 6.08. The van der Waals surface area contributed by atoms with E-state index in [0.29, 0.717) is 12.3 Å². The lowest BCUT2D eigenvalue weighted by Crippen LogP contribution is -2.60.